The fraction of sp³-hybridized carbons (Fsp3) is 0.474. The van der Waals surface area contributed by atoms with Crippen LogP contribution in [0.3, 0.4) is 0 Å². The number of hydrogen-bond donors (Lipinski definition) is 0. The van der Waals surface area contributed by atoms with Crippen molar-refractivity contribution in [1.82, 2.24) is 14.9 Å². The molecule has 0 aliphatic carbocycles. The molecule has 0 radical (unpaired) electrons. The number of ether oxygens (including phenoxy) is 1. The van der Waals surface area contributed by atoms with Crippen LogP contribution in [0.1, 0.15) is 23.7 Å². The second kappa shape index (κ2) is 7.62. The van der Waals surface area contributed by atoms with Gasteiger partial charge in [-0.05, 0) is 26.3 Å². The number of aromatic nitrogens is 2. The van der Waals surface area contributed by atoms with E-state index in [1.54, 1.807) is 0 Å². The highest BCUT2D eigenvalue weighted by molar-refractivity contribution is 5.35. The van der Waals surface area contributed by atoms with Gasteiger partial charge in [0.1, 0.15) is 0 Å². The summed E-state index contributed by atoms with van der Waals surface area (Å²) >= 11 is 0. The number of nitrogens with zero attached hydrogens (tertiary/aromatic N) is 4. The van der Waals surface area contributed by atoms with Crippen LogP contribution in [0, 0.1) is 13.8 Å². The van der Waals surface area contributed by atoms with Gasteiger partial charge in [-0.2, -0.15) is 4.98 Å². The van der Waals surface area contributed by atoms with Crippen LogP contribution in [0.25, 0.3) is 0 Å². The van der Waals surface area contributed by atoms with Gasteiger partial charge < -0.3 is 9.64 Å². The SMILES string of the molecule is CCOc1cc(C)nc(N2CCN(Cc3ccc(C)cc3)CC2)n1. The molecule has 0 unspecified atom stereocenters. The zero-order valence-corrected chi connectivity index (χ0v) is 14.8. The summed E-state index contributed by atoms with van der Waals surface area (Å²) in [7, 11) is 0. The number of aryl methyl sites for hydroxylation is 2. The molecule has 2 aromatic rings. The zero-order valence-electron chi connectivity index (χ0n) is 14.8. The number of benzene rings is 1. The number of rotatable bonds is 5. The van der Waals surface area contributed by atoms with Gasteiger partial charge in [0.15, 0.2) is 0 Å². The first-order chi connectivity index (χ1) is 11.6. The molecule has 128 valence electrons. The molecular formula is C19H26N4O. The van der Waals surface area contributed by atoms with Gasteiger partial charge in [-0.3, -0.25) is 4.90 Å². The number of anilines is 1. The maximum Gasteiger partial charge on any atom is 0.228 e. The van der Waals surface area contributed by atoms with Gasteiger partial charge in [-0.15, -0.1) is 0 Å². The van der Waals surface area contributed by atoms with Crippen molar-refractivity contribution in [1.29, 1.82) is 0 Å². The molecule has 5 nitrogen and oxygen atoms in total. The van der Waals surface area contributed by atoms with Crippen molar-refractivity contribution in [3.05, 3.63) is 47.2 Å². The molecule has 0 atom stereocenters. The highest BCUT2D eigenvalue weighted by atomic mass is 16.5. The Kier molecular flexibility index (Phi) is 5.30. The lowest BCUT2D eigenvalue weighted by Crippen LogP contribution is -2.46. The molecule has 3 rings (SSSR count). The summed E-state index contributed by atoms with van der Waals surface area (Å²) in [4.78, 5) is 13.9. The van der Waals surface area contributed by atoms with Crippen molar-refractivity contribution >= 4 is 5.95 Å². The smallest absolute Gasteiger partial charge is 0.228 e. The first-order valence-electron chi connectivity index (χ1n) is 8.65. The molecule has 1 aromatic heterocycles. The molecule has 0 N–H and O–H groups in total. The fourth-order valence-corrected chi connectivity index (χ4v) is 2.95. The molecule has 0 saturated carbocycles. The van der Waals surface area contributed by atoms with Crippen LogP contribution in [-0.2, 0) is 6.54 Å². The summed E-state index contributed by atoms with van der Waals surface area (Å²) in [6, 6.07) is 10.7. The minimum atomic E-state index is 0.625. The average molecular weight is 326 g/mol. The van der Waals surface area contributed by atoms with Crippen LogP contribution in [0.15, 0.2) is 30.3 Å². The largest absolute Gasteiger partial charge is 0.478 e. The van der Waals surface area contributed by atoms with Crippen LogP contribution in [-0.4, -0.2) is 47.7 Å². The van der Waals surface area contributed by atoms with E-state index in [-0.39, 0.29) is 0 Å². The summed E-state index contributed by atoms with van der Waals surface area (Å²) in [5.41, 5.74) is 3.63. The molecule has 1 fully saturated rings. The van der Waals surface area contributed by atoms with E-state index < -0.39 is 0 Å². The van der Waals surface area contributed by atoms with Gasteiger partial charge in [0.05, 0.1) is 6.61 Å². The lowest BCUT2D eigenvalue weighted by molar-refractivity contribution is 0.248. The van der Waals surface area contributed by atoms with Crippen LogP contribution >= 0.6 is 0 Å². The third-order valence-corrected chi connectivity index (χ3v) is 4.29. The van der Waals surface area contributed by atoms with Crippen LogP contribution in [0.4, 0.5) is 5.95 Å². The summed E-state index contributed by atoms with van der Waals surface area (Å²) in [5.74, 6) is 1.45. The van der Waals surface area contributed by atoms with Crippen LogP contribution in [0.2, 0.25) is 0 Å². The molecule has 1 aliphatic rings. The summed E-state index contributed by atoms with van der Waals surface area (Å²) in [6.45, 7) is 11.7. The fourth-order valence-electron chi connectivity index (χ4n) is 2.95. The first-order valence-corrected chi connectivity index (χ1v) is 8.65. The highest BCUT2D eigenvalue weighted by Crippen LogP contribution is 2.18. The normalized spacial score (nSPS) is 15.5. The number of hydrogen-bond acceptors (Lipinski definition) is 5. The van der Waals surface area contributed by atoms with E-state index in [4.69, 9.17) is 4.74 Å². The van der Waals surface area contributed by atoms with E-state index in [0.717, 1.165) is 44.4 Å². The predicted octanol–water partition coefficient (Wildman–Crippen LogP) is 2.81. The lowest BCUT2D eigenvalue weighted by Gasteiger charge is -2.34. The van der Waals surface area contributed by atoms with Gasteiger partial charge in [0, 0.05) is 44.5 Å². The molecular weight excluding hydrogens is 300 g/mol. The minimum absolute atomic E-state index is 0.625. The van der Waals surface area contributed by atoms with E-state index in [1.165, 1.54) is 11.1 Å². The van der Waals surface area contributed by atoms with Crippen molar-refractivity contribution in [3.63, 3.8) is 0 Å². The Labute approximate surface area is 144 Å². The average Bonchev–Trinajstić information content (AvgIpc) is 2.57. The quantitative estimate of drug-likeness (QED) is 0.845. The van der Waals surface area contributed by atoms with E-state index in [1.807, 2.05) is 19.9 Å². The Balaban J connectivity index is 1.59. The topological polar surface area (TPSA) is 41.5 Å². The molecule has 1 saturated heterocycles. The second-order valence-corrected chi connectivity index (χ2v) is 6.33. The Morgan fingerprint density at radius 1 is 1.00 bits per heavy atom. The van der Waals surface area contributed by atoms with E-state index in [9.17, 15) is 0 Å². The predicted molar refractivity (Wildman–Crippen MR) is 96.6 cm³/mol. The van der Waals surface area contributed by atoms with Crippen molar-refractivity contribution in [2.75, 3.05) is 37.7 Å². The standard InChI is InChI=1S/C19H26N4O/c1-4-24-18-13-16(3)20-19(21-18)23-11-9-22(10-12-23)14-17-7-5-15(2)6-8-17/h5-8,13H,4,9-12,14H2,1-3H3. The van der Waals surface area contributed by atoms with Crippen molar-refractivity contribution in [3.8, 4) is 5.88 Å². The van der Waals surface area contributed by atoms with Gasteiger partial charge in [-0.1, -0.05) is 29.8 Å². The van der Waals surface area contributed by atoms with Crippen LogP contribution < -0.4 is 9.64 Å². The highest BCUT2D eigenvalue weighted by Gasteiger charge is 2.20. The monoisotopic (exact) mass is 326 g/mol. The molecule has 2 heterocycles. The Morgan fingerprint density at radius 2 is 1.71 bits per heavy atom. The third kappa shape index (κ3) is 4.23. The van der Waals surface area contributed by atoms with E-state index >= 15 is 0 Å². The molecule has 0 spiro atoms. The minimum Gasteiger partial charge on any atom is -0.478 e. The van der Waals surface area contributed by atoms with Gasteiger partial charge in [0.25, 0.3) is 0 Å². The van der Waals surface area contributed by atoms with Crippen LogP contribution in [0.5, 0.6) is 5.88 Å². The summed E-state index contributed by atoms with van der Waals surface area (Å²) < 4.78 is 5.54. The van der Waals surface area contributed by atoms with E-state index in [0.29, 0.717) is 12.5 Å². The van der Waals surface area contributed by atoms with Gasteiger partial charge >= 0.3 is 0 Å². The first kappa shape index (κ1) is 16.7. The molecule has 5 heteroatoms. The molecule has 0 bridgehead atoms. The van der Waals surface area contributed by atoms with Gasteiger partial charge in [-0.25, -0.2) is 4.98 Å². The lowest BCUT2D eigenvalue weighted by atomic mass is 10.1. The van der Waals surface area contributed by atoms with Crippen molar-refractivity contribution in [2.24, 2.45) is 0 Å². The van der Waals surface area contributed by atoms with Crippen molar-refractivity contribution in [2.45, 2.75) is 27.3 Å². The maximum absolute atomic E-state index is 5.54. The van der Waals surface area contributed by atoms with Crippen molar-refractivity contribution < 1.29 is 4.74 Å². The van der Waals surface area contributed by atoms with E-state index in [2.05, 4.69) is 51.0 Å². The Hall–Kier alpha value is -2.14. The Morgan fingerprint density at radius 3 is 2.38 bits per heavy atom. The maximum atomic E-state index is 5.54. The molecule has 1 aromatic carbocycles. The zero-order chi connectivity index (χ0) is 16.9. The number of piperazine rings is 1. The molecule has 24 heavy (non-hydrogen) atoms. The Bertz CT molecular complexity index is 664. The van der Waals surface area contributed by atoms with Gasteiger partial charge in [0.2, 0.25) is 11.8 Å². The molecule has 0 amide bonds. The molecule has 1 aliphatic heterocycles. The third-order valence-electron chi connectivity index (χ3n) is 4.29. The summed E-state index contributed by atoms with van der Waals surface area (Å²) in [5, 5.41) is 0. The summed E-state index contributed by atoms with van der Waals surface area (Å²) in [6.07, 6.45) is 0. The second-order valence-electron chi connectivity index (χ2n) is 6.33.